The Bertz CT molecular complexity index is 636. The molecule has 1 aliphatic heterocycles. The number of hydrogen-bond donors (Lipinski definition) is 0. The van der Waals surface area contributed by atoms with E-state index in [-0.39, 0.29) is 11.8 Å². The number of hydrogen-bond acceptors (Lipinski definition) is 5. The molecular weight excluding hydrogens is 302 g/mol. The highest BCUT2D eigenvalue weighted by molar-refractivity contribution is 7.99. The van der Waals surface area contributed by atoms with Crippen molar-refractivity contribution in [1.82, 2.24) is 9.97 Å². The maximum Gasteiger partial charge on any atom is 0.231 e. The number of anilines is 1. The van der Waals surface area contributed by atoms with Crippen molar-refractivity contribution in [3.8, 4) is 10.6 Å². The number of amides is 1. The minimum atomic E-state index is 0.156. The van der Waals surface area contributed by atoms with Gasteiger partial charge in [0.1, 0.15) is 10.0 Å². The molecule has 1 unspecified atom stereocenters. The lowest BCUT2D eigenvalue weighted by Gasteiger charge is -2.19. The lowest BCUT2D eigenvalue weighted by molar-refractivity contribution is -0.121. The van der Waals surface area contributed by atoms with E-state index in [2.05, 4.69) is 9.97 Å². The molecule has 3 rings (SSSR count). The minimum absolute atomic E-state index is 0.156. The summed E-state index contributed by atoms with van der Waals surface area (Å²) in [7, 11) is 1.86. The summed E-state index contributed by atoms with van der Waals surface area (Å²) in [6.45, 7) is 1.96. The fourth-order valence-electron chi connectivity index (χ4n) is 2.42. The zero-order valence-electron chi connectivity index (χ0n) is 12.1. The third-order valence-corrected chi connectivity index (χ3v) is 6.04. The van der Waals surface area contributed by atoms with Crippen molar-refractivity contribution >= 4 is 34.0 Å². The van der Waals surface area contributed by atoms with Gasteiger partial charge in [-0.05, 0) is 31.2 Å². The van der Waals surface area contributed by atoms with Crippen LogP contribution in [-0.4, -0.2) is 34.4 Å². The van der Waals surface area contributed by atoms with Gasteiger partial charge in [0, 0.05) is 36.7 Å². The molecule has 4 nitrogen and oxygen atoms in total. The van der Waals surface area contributed by atoms with Crippen LogP contribution in [0.3, 0.4) is 0 Å². The molecule has 21 heavy (non-hydrogen) atoms. The molecule has 2 aromatic heterocycles. The molecule has 1 atom stereocenters. The third kappa shape index (κ3) is 2.96. The van der Waals surface area contributed by atoms with E-state index in [9.17, 15) is 4.79 Å². The second-order valence-electron chi connectivity index (χ2n) is 5.11. The average Bonchev–Trinajstić information content (AvgIpc) is 3.16. The van der Waals surface area contributed by atoms with Gasteiger partial charge in [-0.15, -0.1) is 0 Å². The summed E-state index contributed by atoms with van der Waals surface area (Å²) in [5.41, 5.74) is 1.90. The Balaban J connectivity index is 1.85. The van der Waals surface area contributed by atoms with E-state index in [0.717, 1.165) is 39.2 Å². The van der Waals surface area contributed by atoms with E-state index in [0.29, 0.717) is 0 Å². The van der Waals surface area contributed by atoms with E-state index in [1.54, 1.807) is 28.6 Å². The van der Waals surface area contributed by atoms with Gasteiger partial charge in [-0.1, -0.05) is 11.3 Å². The molecule has 1 saturated heterocycles. The van der Waals surface area contributed by atoms with Crippen molar-refractivity contribution in [2.24, 2.45) is 5.92 Å². The Morgan fingerprint density at radius 1 is 1.48 bits per heavy atom. The number of aryl methyl sites for hydroxylation is 1. The molecule has 0 N–H and O–H groups in total. The molecule has 1 fully saturated rings. The number of carbonyl (C=O) groups excluding carboxylic acids is 1. The Morgan fingerprint density at radius 2 is 2.33 bits per heavy atom. The largest absolute Gasteiger partial charge is 0.305 e. The maximum atomic E-state index is 12.5. The molecule has 0 radical (unpaired) electrons. The summed E-state index contributed by atoms with van der Waals surface area (Å²) in [5.74, 6) is 2.40. The molecule has 3 heterocycles. The summed E-state index contributed by atoms with van der Waals surface area (Å²) >= 11 is 3.42. The van der Waals surface area contributed by atoms with E-state index in [1.165, 1.54) is 0 Å². The van der Waals surface area contributed by atoms with Crippen LogP contribution in [0.4, 0.5) is 5.00 Å². The van der Waals surface area contributed by atoms with Crippen molar-refractivity contribution in [3.05, 3.63) is 30.2 Å². The zero-order valence-corrected chi connectivity index (χ0v) is 13.7. The van der Waals surface area contributed by atoms with Crippen LogP contribution in [-0.2, 0) is 4.79 Å². The molecule has 0 aromatic carbocycles. The highest BCUT2D eigenvalue weighted by Gasteiger charge is 2.28. The van der Waals surface area contributed by atoms with Crippen LogP contribution in [0.25, 0.3) is 10.6 Å². The van der Waals surface area contributed by atoms with Gasteiger partial charge in [0.05, 0.1) is 5.69 Å². The van der Waals surface area contributed by atoms with Crippen molar-refractivity contribution < 1.29 is 4.79 Å². The van der Waals surface area contributed by atoms with Crippen molar-refractivity contribution in [2.75, 3.05) is 23.5 Å². The van der Waals surface area contributed by atoms with E-state index < -0.39 is 0 Å². The Kier molecular flexibility index (Phi) is 4.26. The summed E-state index contributed by atoms with van der Waals surface area (Å²) < 4.78 is 0. The number of thioether (sulfide) groups is 1. The number of thiazole rings is 1. The van der Waals surface area contributed by atoms with Crippen molar-refractivity contribution in [2.45, 2.75) is 13.3 Å². The van der Waals surface area contributed by atoms with Gasteiger partial charge in [0.15, 0.2) is 0 Å². The molecule has 6 heteroatoms. The topological polar surface area (TPSA) is 46.1 Å². The summed E-state index contributed by atoms with van der Waals surface area (Å²) in [4.78, 5) is 23.0. The van der Waals surface area contributed by atoms with Crippen LogP contribution in [0.5, 0.6) is 0 Å². The summed E-state index contributed by atoms with van der Waals surface area (Å²) in [5, 5.41) is 1.85. The van der Waals surface area contributed by atoms with Gasteiger partial charge in [0.2, 0.25) is 5.91 Å². The predicted octanol–water partition coefficient (Wildman–Crippen LogP) is 3.23. The lowest BCUT2D eigenvalue weighted by atomic mass is 10.1. The van der Waals surface area contributed by atoms with E-state index in [1.807, 2.05) is 37.9 Å². The first-order valence-electron chi connectivity index (χ1n) is 6.90. The first kappa shape index (κ1) is 14.5. The monoisotopic (exact) mass is 319 g/mol. The van der Waals surface area contributed by atoms with Crippen LogP contribution in [0.15, 0.2) is 24.5 Å². The molecule has 0 saturated carbocycles. The first-order chi connectivity index (χ1) is 10.2. The van der Waals surface area contributed by atoms with Crippen LogP contribution < -0.4 is 4.90 Å². The van der Waals surface area contributed by atoms with Gasteiger partial charge >= 0.3 is 0 Å². The summed E-state index contributed by atoms with van der Waals surface area (Å²) in [6, 6.07) is 3.89. The number of aromatic nitrogens is 2. The first-order valence-corrected chi connectivity index (χ1v) is 8.87. The minimum Gasteiger partial charge on any atom is -0.305 e. The second kappa shape index (κ2) is 6.15. The van der Waals surface area contributed by atoms with Crippen LogP contribution in [0.1, 0.15) is 12.1 Å². The Labute approximate surface area is 132 Å². The number of nitrogens with zero attached hydrogens (tertiary/aromatic N) is 3. The fourth-order valence-corrected chi connectivity index (χ4v) is 4.65. The highest BCUT2D eigenvalue weighted by atomic mass is 32.2. The van der Waals surface area contributed by atoms with Crippen LogP contribution in [0.2, 0.25) is 0 Å². The number of pyridine rings is 1. The highest BCUT2D eigenvalue weighted by Crippen LogP contribution is 2.35. The molecule has 0 spiro atoms. The normalized spacial score (nSPS) is 17.9. The van der Waals surface area contributed by atoms with Gasteiger partial charge in [0.25, 0.3) is 0 Å². The summed E-state index contributed by atoms with van der Waals surface area (Å²) in [6.07, 6.45) is 4.54. The SMILES string of the molecule is Cc1nc(-c2cccnc2)sc1N(C)C(=O)C1CCSC1. The maximum absolute atomic E-state index is 12.5. The molecule has 2 aromatic rings. The van der Waals surface area contributed by atoms with Crippen LogP contribution in [0, 0.1) is 12.8 Å². The van der Waals surface area contributed by atoms with Gasteiger partial charge in [-0.3, -0.25) is 9.78 Å². The lowest BCUT2D eigenvalue weighted by Crippen LogP contribution is -2.32. The number of rotatable bonds is 3. The zero-order chi connectivity index (χ0) is 14.8. The molecule has 0 bridgehead atoms. The Hall–Kier alpha value is -1.40. The van der Waals surface area contributed by atoms with E-state index >= 15 is 0 Å². The van der Waals surface area contributed by atoms with Gasteiger partial charge in [-0.2, -0.15) is 11.8 Å². The number of carbonyl (C=O) groups is 1. The smallest absolute Gasteiger partial charge is 0.231 e. The second-order valence-corrected chi connectivity index (χ2v) is 7.24. The standard InChI is InChI=1S/C15H17N3OS2/c1-10-15(18(2)14(19)12-5-7-20-9-12)21-13(17-10)11-4-3-6-16-8-11/h3-4,6,8,12H,5,7,9H2,1-2H3. The molecule has 1 amide bonds. The quantitative estimate of drug-likeness (QED) is 0.871. The third-order valence-electron chi connectivity index (χ3n) is 3.59. The van der Waals surface area contributed by atoms with Gasteiger partial charge < -0.3 is 4.90 Å². The molecule has 0 aliphatic carbocycles. The molecule has 1 aliphatic rings. The van der Waals surface area contributed by atoms with Crippen molar-refractivity contribution in [3.63, 3.8) is 0 Å². The van der Waals surface area contributed by atoms with E-state index in [4.69, 9.17) is 0 Å². The molecule has 110 valence electrons. The van der Waals surface area contributed by atoms with Gasteiger partial charge in [-0.25, -0.2) is 4.98 Å². The molecular formula is C15H17N3OS2. The average molecular weight is 319 g/mol. The fraction of sp³-hybridized carbons (Fsp3) is 0.400. The van der Waals surface area contributed by atoms with Crippen molar-refractivity contribution in [1.29, 1.82) is 0 Å². The Morgan fingerprint density at radius 3 is 3.00 bits per heavy atom. The van der Waals surface area contributed by atoms with Crippen LogP contribution >= 0.6 is 23.1 Å². The predicted molar refractivity (Wildman–Crippen MR) is 88.9 cm³/mol.